The van der Waals surface area contributed by atoms with Crippen LogP contribution in [0, 0.1) is 0 Å². The van der Waals surface area contributed by atoms with Crippen LogP contribution in [-0.4, -0.2) is 40.6 Å². The van der Waals surface area contributed by atoms with E-state index in [-0.39, 0.29) is 5.54 Å². The molecular weight excluding hydrogens is 256 g/mol. The summed E-state index contributed by atoms with van der Waals surface area (Å²) in [7, 11) is 2.08. The van der Waals surface area contributed by atoms with Crippen LogP contribution in [0.2, 0.25) is 0 Å². The van der Waals surface area contributed by atoms with Crippen LogP contribution < -0.4 is 10.2 Å². The van der Waals surface area contributed by atoms with Crippen molar-refractivity contribution < 1.29 is 0 Å². The van der Waals surface area contributed by atoms with Gasteiger partial charge in [0.25, 0.3) is 0 Å². The van der Waals surface area contributed by atoms with Crippen molar-refractivity contribution >= 4 is 17.6 Å². The number of thioether (sulfide) groups is 1. The molecule has 1 rings (SSSR count). The molecule has 1 N–H and O–H groups in total. The van der Waals surface area contributed by atoms with Crippen molar-refractivity contribution in [2.75, 3.05) is 24.0 Å². The van der Waals surface area contributed by atoms with Crippen molar-refractivity contribution in [3.63, 3.8) is 0 Å². The normalized spacial score (nSPS) is 13.4. The monoisotopic (exact) mass is 282 g/mol. The molecule has 1 aromatic rings. The van der Waals surface area contributed by atoms with E-state index in [1.54, 1.807) is 0 Å². The highest BCUT2D eigenvalue weighted by Crippen LogP contribution is 2.14. The van der Waals surface area contributed by atoms with Crippen molar-refractivity contribution in [2.45, 2.75) is 45.8 Å². The Morgan fingerprint density at radius 3 is 2.63 bits per heavy atom. The summed E-state index contributed by atoms with van der Waals surface area (Å²) < 4.78 is 0. The Hall–Kier alpha value is -0.810. The molecule has 0 fully saturated rings. The Labute approximate surface area is 121 Å². The van der Waals surface area contributed by atoms with Gasteiger partial charge >= 0.3 is 0 Å². The molecule has 1 heterocycles. The molecular formula is C14H26N4S. The zero-order chi connectivity index (χ0) is 14.5. The van der Waals surface area contributed by atoms with Crippen LogP contribution in [0.3, 0.4) is 0 Å². The molecule has 4 nitrogen and oxygen atoms in total. The van der Waals surface area contributed by atoms with E-state index in [0.29, 0.717) is 6.04 Å². The van der Waals surface area contributed by atoms with Crippen LogP contribution in [0.1, 0.15) is 33.4 Å². The topological polar surface area (TPSA) is 41.1 Å². The maximum absolute atomic E-state index is 4.67. The quantitative estimate of drug-likeness (QED) is 0.868. The predicted octanol–water partition coefficient (Wildman–Crippen LogP) is 2.55. The van der Waals surface area contributed by atoms with Crippen LogP contribution in [0.25, 0.3) is 0 Å². The van der Waals surface area contributed by atoms with Gasteiger partial charge in [0.05, 0.1) is 11.9 Å². The fraction of sp³-hybridized carbons (Fsp3) is 0.714. The Balaban J connectivity index is 2.71. The summed E-state index contributed by atoms with van der Waals surface area (Å²) in [5, 5.41) is 3.43. The van der Waals surface area contributed by atoms with Crippen LogP contribution in [-0.2, 0) is 6.54 Å². The van der Waals surface area contributed by atoms with Crippen molar-refractivity contribution in [2.24, 2.45) is 0 Å². The average molecular weight is 282 g/mol. The zero-order valence-corrected chi connectivity index (χ0v) is 13.7. The summed E-state index contributed by atoms with van der Waals surface area (Å²) in [6, 6.07) is 0.454. The summed E-state index contributed by atoms with van der Waals surface area (Å²) in [5.74, 6) is 2.03. The first-order valence-corrected chi connectivity index (χ1v) is 8.00. The molecule has 0 bridgehead atoms. The second-order valence-corrected chi connectivity index (χ2v) is 6.80. The number of nitrogens with zero attached hydrogens (tertiary/aromatic N) is 3. The minimum absolute atomic E-state index is 0.0930. The molecule has 0 aliphatic carbocycles. The highest BCUT2D eigenvalue weighted by atomic mass is 32.2. The number of rotatable bonds is 6. The molecule has 0 aliphatic heterocycles. The maximum Gasteiger partial charge on any atom is 0.147 e. The lowest BCUT2D eigenvalue weighted by Gasteiger charge is -2.26. The van der Waals surface area contributed by atoms with E-state index in [4.69, 9.17) is 0 Å². The summed E-state index contributed by atoms with van der Waals surface area (Å²) in [6.45, 7) is 9.40. The van der Waals surface area contributed by atoms with Crippen LogP contribution in [0.5, 0.6) is 0 Å². The van der Waals surface area contributed by atoms with E-state index < -0.39 is 0 Å². The molecule has 0 saturated heterocycles. The molecule has 1 unspecified atom stereocenters. The van der Waals surface area contributed by atoms with Gasteiger partial charge in [0.2, 0.25) is 0 Å². The van der Waals surface area contributed by atoms with Gasteiger partial charge in [-0.25, -0.2) is 4.98 Å². The lowest BCUT2D eigenvalue weighted by Crippen LogP contribution is -2.36. The maximum atomic E-state index is 4.67. The Morgan fingerprint density at radius 2 is 2.05 bits per heavy atom. The summed E-state index contributed by atoms with van der Waals surface area (Å²) >= 11 is 1.85. The fourth-order valence-corrected chi connectivity index (χ4v) is 2.29. The molecule has 19 heavy (non-hydrogen) atoms. The molecule has 0 saturated carbocycles. The van der Waals surface area contributed by atoms with E-state index in [1.165, 1.54) is 0 Å². The molecule has 0 spiro atoms. The highest BCUT2D eigenvalue weighted by molar-refractivity contribution is 7.98. The first kappa shape index (κ1) is 16.2. The lowest BCUT2D eigenvalue weighted by atomic mass is 10.1. The molecule has 1 atom stereocenters. The Kier molecular flexibility index (Phi) is 6.07. The van der Waals surface area contributed by atoms with Crippen molar-refractivity contribution in [3.05, 3.63) is 18.1 Å². The molecule has 108 valence electrons. The van der Waals surface area contributed by atoms with E-state index in [9.17, 15) is 0 Å². The SMILES string of the molecule is CSCC(C)N(C)c1cncc(CNC(C)(C)C)n1. The predicted molar refractivity (Wildman–Crippen MR) is 84.9 cm³/mol. The smallest absolute Gasteiger partial charge is 0.147 e. The van der Waals surface area contributed by atoms with Gasteiger partial charge in [-0.05, 0) is 34.0 Å². The summed E-state index contributed by atoms with van der Waals surface area (Å²) in [4.78, 5) is 11.2. The molecule has 0 aliphatic rings. The molecule has 0 radical (unpaired) electrons. The molecule has 0 amide bonds. The minimum atomic E-state index is 0.0930. The Bertz CT molecular complexity index is 389. The first-order valence-electron chi connectivity index (χ1n) is 6.61. The van der Waals surface area contributed by atoms with Gasteiger partial charge in [-0.3, -0.25) is 4.98 Å². The van der Waals surface area contributed by atoms with E-state index in [2.05, 4.69) is 61.2 Å². The van der Waals surface area contributed by atoms with Crippen LogP contribution in [0.15, 0.2) is 12.4 Å². The average Bonchev–Trinajstić information content (AvgIpc) is 2.35. The van der Waals surface area contributed by atoms with Crippen LogP contribution in [0.4, 0.5) is 5.82 Å². The van der Waals surface area contributed by atoms with E-state index in [0.717, 1.165) is 23.8 Å². The van der Waals surface area contributed by atoms with Gasteiger partial charge < -0.3 is 10.2 Å². The van der Waals surface area contributed by atoms with Gasteiger partial charge in [-0.1, -0.05) is 0 Å². The fourth-order valence-electron chi connectivity index (χ4n) is 1.58. The van der Waals surface area contributed by atoms with Crippen molar-refractivity contribution in [1.82, 2.24) is 15.3 Å². The lowest BCUT2D eigenvalue weighted by molar-refractivity contribution is 0.421. The second-order valence-electron chi connectivity index (χ2n) is 5.89. The van der Waals surface area contributed by atoms with Gasteiger partial charge in [0.15, 0.2) is 0 Å². The number of hydrogen-bond acceptors (Lipinski definition) is 5. The third kappa shape index (κ3) is 5.78. The number of anilines is 1. The van der Waals surface area contributed by atoms with Gasteiger partial charge in [-0.2, -0.15) is 11.8 Å². The first-order chi connectivity index (χ1) is 8.83. The third-order valence-electron chi connectivity index (χ3n) is 2.90. The summed E-state index contributed by atoms with van der Waals surface area (Å²) in [5.41, 5.74) is 1.08. The largest absolute Gasteiger partial charge is 0.355 e. The van der Waals surface area contributed by atoms with Crippen molar-refractivity contribution in [1.29, 1.82) is 0 Å². The zero-order valence-electron chi connectivity index (χ0n) is 12.9. The van der Waals surface area contributed by atoms with Crippen molar-refractivity contribution in [3.8, 4) is 0 Å². The highest BCUT2D eigenvalue weighted by Gasteiger charge is 2.13. The second kappa shape index (κ2) is 7.10. The number of aromatic nitrogens is 2. The summed E-state index contributed by atoms with van der Waals surface area (Å²) in [6.07, 6.45) is 5.78. The van der Waals surface area contributed by atoms with Gasteiger partial charge in [0.1, 0.15) is 5.82 Å². The minimum Gasteiger partial charge on any atom is -0.355 e. The van der Waals surface area contributed by atoms with Gasteiger partial charge in [-0.15, -0.1) is 0 Å². The molecule has 5 heteroatoms. The number of nitrogens with one attached hydrogen (secondary N) is 1. The van der Waals surface area contributed by atoms with E-state index >= 15 is 0 Å². The third-order valence-corrected chi connectivity index (χ3v) is 3.72. The molecule has 1 aromatic heterocycles. The number of hydrogen-bond donors (Lipinski definition) is 1. The van der Waals surface area contributed by atoms with Crippen LogP contribution >= 0.6 is 11.8 Å². The Morgan fingerprint density at radius 1 is 1.37 bits per heavy atom. The molecule has 0 aromatic carbocycles. The van der Waals surface area contributed by atoms with E-state index in [1.807, 2.05) is 24.2 Å². The standard InChI is InChI=1S/C14H26N4S/c1-11(10-19-6)18(5)13-9-15-7-12(17-13)8-16-14(2,3)4/h7,9,11,16H,8,10H2,1-6H3. The van der Waals surface area contributed by atoms with Gasteiger partial charge in [0, 0.05) is 37.1 Å².